The van der Waals surface area contributed by atoms with Crippen molar-refractivity contribution in [3.8, 4) is 5.75 Å². The van der Waals surface area contributed by atoms with Gasteiger partial charge in [-0.05, 0) is 30.9 Å². The first-order valence-electron chi connectivity index (χ1n) is 6.61. The van der Waals surface area contributed by atoms with Crippen molar-refractivity contribution in [2.24, 2.45) is 5.92 Å². The molecule has 0 unspecified atom stereocenters. The highest BCUT2D eigenvalue weighted by atomic mass is 16.5. The first kappa shape index (κ1) is 12.9. The van der Waals surface area contributed by atoms with Crippen molar-refractivity contribution in [2.75, 3.05) is 13.7 Å². The molecule has 0 aromatic heterocycles. The Labute approximate surface area is 108 Å². The summed E-state index contributed by atoms with van der Waals surface area (Å²) in [4.78, 5) is 11.6. The van der Waals surface area contributed by atoms with E-state index in [0.717, 1.165) is 0 Å². The van der Waals surface area contributed by atoms with Crippen molar-refractivity contribution in [3.05, 3.63) is 29.8 Å². The van der Waals surface area contributed by atoms with Crippen LogP contribution in [0.2, 0.25) is 0 Å². The number of methoxy groups -OCH3 is 1. The number of benzene rings is 1. The van der Waals surface area contributed by atoms with E-state index in [1.807, 2.05) is 18.2 Å². The van der Waals surface area contributed by atoms with Gasteiger partial charge < -0.3 is 9.47 Å². The topological polar surface area (TPSA) is 35.5 Å². The molecule has 1 aromatic rings. The summed E-state index contributed by atoms with van der Waals surface area (Å²) in [6.07, 6.45) is 6.41. The molecule has 0 bridgehead atoms. The van der Waals surface area contributed by atoms with E-state index in [9.17, 15) is 4.79 Å². The van der Waals surface area contributed by atoms with Crippen LogP contribution in [0.4, 0.5) is 0 Å². The summed E-state index contributed by atoms with van der Waals surface area (Å²) in [5, 5.41) is 0. The second-order valence-electron chi connectivity index (χ2n) is 4.80. The smallest absolute Gasteiger partial charge is 0.341 e. The van der Waals surface area contributed by atoms with E-state index in [2.05, 4.69) is 0 Å². The number of carbonyl (C=O) groups is 1. The van der Waals surface area contributed by atoms with Gasteiger partial charge in [-0.2, -0.15) is 0 Å². The predicted octanol–water partition coefficient (Wildman–Crippen LogP) is 3.43. The highest BCUT2D eigenvalue weighted by Gasteiger charge is 2.16. The van der Waals surface area contributed by atoms with Gasteiger partial charge in [-0.1, -0.05) is 31.4 Å². The van der Waals surface area contributed by atoms with Crippen LogP contribution >= 0.6 is 0 Å². The van der Waals surface area contributed by atoms with E-state index < -0.39 is 0 Å². The van der Waals surface area contributed by atoms with Crippen LogP contribution < -0.4 is 4.74 Å². The number of carbonyl (C=O) groups excluding carboxylic acids is 1. The second-order valence-corrected chi connectivity index (χ2v) is 4.80. The van der Waals surface area contributed by atoms with Crippen LogP contribution in [0.5, 0.6) is 5.75 Å². The van der Waals surface area contributed by atoms with Gasteiger partial charge in [0.2, 0.25) is 0 Å². The quantitative estimate of drug-likeness (QED) is 0.766. The Hall–Kier alpha value is -1.51. The lowest BCUT2D eigenvalue weighted by Gasteiger charge is -2.22. The molecule has 3 nitrogen and oxygen atoms in total. The number of hydrogen-bond acceptors (Lipinski definition) is 3. The standard InChI is InChI=1S/C15H20O3/c1-17-15(16)13-9-5-6-10-14(13)18-11-12-7-3-2-4-8-12/h5-6,9-10,12H,2-4,7-8,11H2,1H3. The summed E-state index contributed by atoms with van der Waals surface area (Å²) >= 11 is 0. The Morgan fingerprint density at radius 3 is 2.67 bits per heavy atom. The summed E-state index contributed by atoms with van der Waals surface area (Å²) in [5.74, 6) is 0.925. The summed E-state index contributed by atoms with van der Waals surface area (Å²) in [6.45, 7) is 0.702. The normalized spacial score (nSPS) is 16.3. The Morgan fingerprint density at radius 1 is 1.22 bits per heavy atom. The van der Waals surface area contributed by atoms with Gasteiger partial charge in [0.15, 0.2) is 0 Å². The van der Waals surface area contributed by atoms with Gasteiger partial charge in [-0.15, -0.1) is 0 Å². The fourth-order valence-electron chi connectivity index (χ4n) is 2.43. The van der Waals surface area contributed by atoms with E-state index in [-0.39, 0.29) is 5.97 Å². The molecule has 1 aromatic carbocycles. The number of ether oxygens (including phenoxy) is 2. The van der Waals surface area contributed by atoms with Crippen LogP contribution in [-0.2, 0) is 4.74 Å². The number of esters is 1. The summed E-state index contributed by atoms with van der Waals surface area (Å²) in [5.41, 5.74) is 0.510. The Balaban J connectivity index is 1.97. The van der Waals surface area contributed by atoms with E-state index in [4.69, 9.17) is 9.47 Å². The minimum atomic E-state index is -0.339. The van der Waals surface area contributed by atoms with E-state index in [1.54, 1.807) is 6.07 Å². The molecular formula is C15H20O3. The zero-order valence-corrected chi connectivity index (χ0v) is 10.9. The van der Waals surface area contributed by atoms with Crippen LogP contribution in [0.25, 0.3) is 0 Å². The Bertz CT molecular complexity index is 394. The maximum atomic E-state index is 11.6. The predicted molar refractivity (Wildman–Crippen MR) is 69.9 cm³/mol. The highest BCUT2D eigenvalue weighted by Crippen LogP contribution is 2.26. The largest absolute Gasteiger partial charge is 0.492 e. The lowest BCUT2D eigenvalue weighted by Crippen LogP contribution is -2.16. The number of rotatable bonds is 4. The third kappa shape index (κ3) is 3.25. The van der Waals surface area contributed by atoms with Gasteiger partial charge in [0, 0.05) is 0 Å². The molecule has 1 aliphatic carbocycles. The van der Waals surface area contributed by atoms with Gasteiger partial charge in [0.25, 0.3) is 0 Å². The molecule has 0 atom stereocenters. The first-order chi connectivity index (χ1) is 8.81. The van der Waals surface area contributed by atoms with Crippen molar-refractivity contribution in [3.63, 3.8) is 0 Å². The Morgan fingerprint density at radius 2 is 1.94 bits per heavy atom. The average molecular weight is 248 g/mol. The number of hydrogen-bond donors (Lipinski definition) is 0. The Kier molecular flexibility index (Phi) is 4.62. The van der Waals surface area contributed by atoms with Crippen molar-refractivity contribution in [1.29, 1.82) is 0 Å². The maximum absolute atomic E-state index is 11.6. The maximum Gasteiger partial charge on any atom is 0.341 e. The van der Waals surface area contributed by atoms with Crippen molar-refractivity contribution in [1.82, 2.24) is 0 Å². The minimum Gasteiger partial charge on any atom is -0.492 e. The molecule has 0 saturated heterocycles. The second kappa shape index (κ2) is 6.43. The van der Waals surface area contributed by atoms with Crippen molar-refractivity contribution >= 4 is 5.97 Å². The monoisotopic (exact) mass is 248 g/mol. The van der Waals surface area contributed by atoms with Gasteiger partial charge in [-0.25, -0.2) is 4.79 Å². The molecule has 0 radical (unpaired) electrons. The van der Waals surface area contributed by atoms with Crippen LogP contribution in [0.1, 0.15) is 42.5 Å². The van der Waals surface area contributed by atoms with E-state index >= 15 is 0 Å². The fraction of sp³-hybridized carbons (Fsp3) is 0.533. The molecule has 1 saturated carbocycles. The van der Waals surface area contributed by atoms with Crippen LogP contribution in [0.3, 0.4) is 0 Å². The third-order valence-electron chi connectivity index (χ3n) is 3.49. The zero-order chi connectivity index (χ0) is 12.8. The summed E-state index contributed by atoms with van der Waals surface area (Å²) < 4.78 is 10.5. The number of para-hydroxylation sites is 1. The molecule has 2 rings (SSSR count). The molecule has 0 N–H and O–H groups in total. The zero-order valence-electron chi connectivity index (χ0n) is 10.9. The average Bonchev–Trinajstić information content (AvgIpc) is 2.45. The molecular weight excluding hydrogens is 228 g/mol. The van der Waals surface area contributed by atoms with E-state index in [0.29, 0.717) is 23.8 Å². The first-order valence-corrected chi connectivity index (χ1v) is 6.61. The molecule has 0 heterocycles. The molecule has 0 spiro atoms. The molecule has 0 amide bonds. The molecule has 1 aliphatic rings. The SMILES string of the molecule is COC(=O)c1ccccc1OCC1CCCCC1. The lowest BCUT2D eigenvalue weighted by molar-refractivity contribution is 0.0594. The summed E-state index contributed by atoms with van der Waals surface area (Å²) in [7, 11) is 1.39. The van der Waals surface area contributed by atoms with Gasteiger partial charge in [0.1, 0.15) is 11.3 Å². The summed E-state index contributed by atoms with van der Waals surface area (Å²) in [6, 6.07) is 7.26. The van der Waals surface area contributed by atoms with Crippen LogP contribution in [0.15, 0.2) is 24.3 Å². The van der Waals surface area contributed by atoms with Gasteiger partial charge in [0.05, 0.1) is 13.7 Å². The fourth-order valence-corrected chi connectivity index (χ4v) is 2.43. The van der Waals surface area contributed by atoms with Gasteiger partial charge >= 0.3 is 5.97 Å². The third-order valence-corrected chi connectivity index (χ3v) is 3.49. The van der Waals surface area contributed by atoms with Crippen molar-refractivity contribution in [2.45, 2.75) is 32.1 Å². The molecule has 1 fully saturated rings. The lowest BCUT2D eigenvalue weighted by atomic mass is 9.90. The molecule has 18 heavy (non-hydrogen) atoms. The van der Waals surface area contributed by atoms with Crippen LogP contribution in [-0.4, -0.2) is 19.7 Å². The molecule has 98 valence electrons. The molecule has 0 aliphatic heterocycles. The minimum absolute atomic E-state index is 0.339. The molecule has 3 heteroatoms. The highest BCUT2D eigenvalue weighted by molar-refractivity contribution is 5.92. The van der Waals surface area contributed by atoms with Crippen LogP contribution in [0, 0.1) is 5.92 Å². The van der Waals surface area contributed by atoms with Crippen molar-refractivity contribution < 1.29 is 14.3 Å². The van der Waals surface area contributed by atoms with E-state index in [1.165, 1.54) is 39.2 Å². The van der Waals surface area contributed by atoms with Gasteiger partial charge in [-0.3, -0.25) is 0 Å².